The van der Waals surface area contributed by atoms with Gasteiger partial charge in [0.05, 0.1) is 17.8 Å². The van der Waals surface area contributed by atoms with Crippen molar-refractivity contribution in [1.29, 1.82) is 0 Å². The third-order valence-corrected chi connectivity index (χ3v) is 4.87. The van der Waals surface area contributed by atoms with Gasteiger partial charge in [-0.25, -0.2) is 14.5 Å². The minimum atomic E-state index is -0.938. The monoisotopic (exact) mass is 392 g/mol. The van der Waals surface area contributed by atoms with E-state index >= 15 is 0 Å². The molecule has 6 heteroatoms. The molecule has 0 bridgehead atoms. The van der Waals surface area contributed by atoms with E-state index in [0.717, 1.165) is 48.6 Å². The average Bonchev–Trinajstić information content (AvgIpc) is 3.10. The number of carboxylic acid groups (broad SMARTS) is 1. The Bertz CT molecular complexity index is 948. The minimum absolute atomic E-state index is 0.278. The fraction of sp³-hybridized carbons (Fsp3) is 0.391. The van der Waals surface area contributed by atoms with Crippen molar-refractivity contribution < 1.29 is 9.90 Å². The first-order chi connectivity index (χ1) is 14.1. The highest BCUT2D eigenvalue weighted by atomic mass is 16.4. The lowest BCUT2D eigenvalue weighted by atomic mass is 10.0. The van der Waals surface area contributed by atoms with Crippen molar-refractivity contribution in [2.45, 2.75) is 58.9 Å². The van der Waals surface area contributed by atoms with Crippen LogP contribution in [0.2, 0.25) is 0 Å². The van der Waals surface area contributed by atoms with Crippen LogP contribution in [0.25, 0.3) is 11.1 Å². The Balaban J connectivity index is 1.78. The second-order valence-electron chi connectivity index (χ2n) is 7.20. The smallest absolute Gasteiger partial charge is 0.336 e. The molecule has 6 nitrogen and oxygen atoms in total. The zero-order chi connectivity index (χ0) is 20.6. The molecule has 0 saturated carbocycles. The normalized spacial score (nSPS) is 11.0. The molecule has 3 aromatic rings. The standard InChI is InChI=1S/C23H28N4O2/c1-3-5-6-12-21-25-22(9-4-2)27(26-21)16-18-14-13-17(15-24-18)19-10-7-8-11-20(19)23(28)29/h7-8,10-11,13-15H,3-6,9,12,16H2,1-2H3,(H,28,29). The highest BCUT2D eigenvalue weighted by Crippen LogP contribution is 2.23. The first-order valence-electron chi connectivity index (χ1n) is 10.3. The molecule has 0 atom stereocenters. The predicted octanol–water partition coefficient (Wildman–Crippen LogP) is 4.77. The van der Waals surface area contributed by atoms with Gasteiger partial charge in [0.25, 0.3) is 0 Å². The summed E-state index contributed by atoms with van der Waals surface area (Å²) < 4.78 is 1.96. The summed E-state index contributed by atoms with van der Waals surface area (Å²) in [5.41, 5.74) is 2.62. The Morgan fingerprint density at radius 1 is 1.03 bits per heavy atom. The van der Waals surface area contributed by atoms with E-state index in [4.69, 9.17) is 10.1 Å². The van der Waals surface area contributed by atoms with Crippen LogP contribution in [0, 0.1) is 0 Å². The molecular weight excluding hydrogens is 364 g/mol. The lowest BCUT2D eigenvalue weighted by molar-refractivity contribution is 0.0697. The number of pyridine rings is 1. The zero-order valence-electron chi connectivity index (χ0n) is 17.1. The average molecular weight is 393 g/mol. The summed E-state index contributed by atoms with van der Waals surface area (Å²) in [6.45, 7) is 4.90. The maximum atomic E-state index is 11.5. The van der Waals surface area contributed by atoms with Crippen LogP contribution in [0.1, 0.15) is 67.2 Å². The van der Waals surface area contributed by atoms with Gasteiger partial charge >= 0.3 is 5.97 Å². The first-order valence-corrected chi connectivity index (χ1v) is 10.3. The number of rotatable bonds is 10. The van der Waals surface area contributed by atoms with Gasteiger partial charge in [0.1, 0.15) is 5.82 Å². The van der Waals surface area contributed by atoms with Crippen molar-refractivity contribution in [1.82, 2.24) is 19.7 Å². The summed E-state index contributed by atoms with van der Waals surface area (Å²) in [4.78, 5) is 20.7. The van der Waals surface area contributed by atoms with Crippen molar-refractivity contribution in [3.63, 3.8) is 0 Å². The number of aryl methyl sites for hydroxylation is 2. The highest BCUT2D eigenvalue weighted by molar-refractivity contribution is 5.95. The molecule has 0 spiro atoms. The van der Waals surface area contributed by atoms with Gasteiger partial charge in [0, 0.05) is 24.6 Å². The molecule has 0 aliphatic heterocycles. The minimum Gasteiger partial charge on any atom is -0.478 e. The number of aromatic carboxylic acids is 1. The Morgan fingerprint density at radius 2 is 1.86 bits per heavy atom. The largest absolute Gasteiger partial charge is 0.478 e. The van der Waals surface area contributed by atoms with Crippen LogP contribution in [0.5, 0.6) is 0 Å². The van der Waals surface area contributed by atoms with E-state index in [1.807, 2.05) is 22.9 Å². The summed E-state index contributed by atoms with van der Waals surface area (Å²) in [6.07, 6.45) is 8.05. The van der Waals surface area contributed by atoms with Crippen LogP contribution in [-0.4, -0.2) is 30.8 Å². The molecule has 1 N–H and O–H groups in total. The van der Waals surface area contributed by atoms with E-state index in [-0.39, 0.29) is 5.56 Å². The van der Waals surface area contributed by atoms with Crippen molar-refractivity contribution in [2.75, 3.05) is 0 Å². The van der Waals surface area contributed by atoms with Gasteiger partial charge in [-0.2, -0.15) is 5.10 Å². The summed E-state index contributed by atoms with van der Waals surface area (Å²) in [5.74, 6) is 0.974. The number of carboxylic acids is 1. The molecule has 3 rings (SSSR count). The van der Waals surface area contributed by atoms with E-state index in [1.54, 1.807) is 24.4 Å². The number of aromatic nitrogens is 4. The fourth-order valence-corrected chi connectivity index (χ4v) is 3.35. The Kier molecular flexibility index (Phi) is 7.11. The molecule has 0 aliphatic carbocycles. The van der Waals surface area contributed by atoms with Crippen molar-refractivity contribution in [3.05, 3.63) is 65.5 Å². The van der Waals surface area contributed by atoms with Crippen LogP contribution >= 0.6 is 0 Å². The summed E-state index contributed by atoms with van der Waals surface area (Å²) in [5, 5.41) is 14.1. The molecule has 0 saturated heterocycles. The van der Waals surface area contributed by atoms with Crippen LogP contribution in [0.4, 0.5) is 0 Å². The summed E-state index contributed by atoms with van der Waals surface area (Å²) >= 11 is 0. The van der Waals surface area contributed by atoms with Crippen molar-refractivity contribution in [2.24, 2.45) is 0 Å². The quantitative estimate of drug-likeness (QED) is 0.503. The molecule has 0 aliphatic rings. The van der Waals surface area contributed by atoms with Crippen LogP contribution in [0.15, 0.2) is 42.6 Å². The Morgan fingerprint density at radius 3 is 2.55 bits per heavy atom. The van der Waals surface area contributed by atoms with Gasteiger partial charge in [-0.1, -0.05) is 51.0 Å². The SMILES string of the molecule is CCCCCc1nc(CCC)n(Cc2ccc(-c3ccccc3C(=O)O)cn2)n1. The topological polar surface area (TPSA) is 80.9 Å². The number of hydrogen-bond donors (Lipinski definition) is 1. The van der Waals surface area contributed by atoms with Gasteiger partial charge in [0.2, 0.25) is 0 Å². The van der Waals surface area contributed by atoms with Crippen LogP contribution in [0.3, 0.4) is 0 Å². The van der Waals surface area contributed by atoms with Crippen molar-refractivity contribution in [3.8, 4) is 11.1 Å². The third-order valence-electron chi connectivity index (χ3n) is 4.87. The van der Waals surface area contributed by atoms with E-state index in [9.17, 15) is 9.90 Å². The maximum absolute atomic E-state index is 11.5. The zero-order valence-corrected chi connectivity index (χ0v) is 17.1. The molecule has 0 amide bonds. The molecule has 0 unspecified atom stereocenters. The van der Waals surface area contributed by atoms with Gasteiger partial charge in [0.15, 0.2) is 5.82 Å². The fourth-order valence-electron chi connectivity index (χ4n) is 3.35. The first kappa shape index (κ1) is 20.7. The summed E-state index contributed by atoms with van der Waals surface area (Å²) in [6, 6.07) is 10.8. The Labute approximate surface area is 171 Å². The van der Waals surface area contributed by atoms with E-state index in [0.29, 0.717) is 12.1 Å². The van der Waals surface area contributed by atoms with Gasteiger partial charge in [-0.3, -0.25) is 4.98 Å². The number of carbonyl (C=O) groups is 1. The molecule has 2 heterocycles. The molecule has 29 heavy (non-hydrogen) atoms. The van der Waals surface area contributed by atoms with Gasteiger partial charge in [-0.05, 0) is 30.5 Å². The molecular formula is C23H28N4O2. The lowest BCUT2D eigenvalue weighted by Crippen LogP contribution is -2.08. The Hall–Kier alpha value is -3.02. The number of nitrogens with zero attached hydrogens (tertiary/aromatic N) is 4. The molecule has 1 aromatic carbocycles. The second kappa shape index (κ2) is 9.96. The van der Waals surface area contributed by atoms with E-state index < -0.39 is 5.97 Å². The summed E-state index contributed by atoms with van der Waals surface area (Å²) in [7, 11) is 0. The third kappa shape index (κ3) is 5.28. The second-order valence-corrected chi connectivity index (χ2v) is 7.20. The van der Waals surface area contributed by atoms with E-state index in [2.05, 4.69) is 18.8 Å². The molecule has 0 radical (unpaired) electrons. The highest BCUT2D eigenvalue weighted by Gasteiger charge is 2.13. The molecule has 0 fully saturated rings. The lowest BCUT2D eigenvalue weighted by Gasteiger charge is -2.08. The van der Waals surface area contributed by atoms with Gasteiger partial charge < -0.3 is 5.11 Å². The molecule has 2 aromatic heterocycles. The predicted molar refractivity (Wildman–Crippen MR) is 113 cm³/mol. The van der Waals surface area contributed by atoms with E-state index in [1.165, 1.54) is 12.8 Å². The number of benzene rings is 1. The maximum Gasteiger partial charge on any atom is 0.336 e. The van der Waals surface area contributed by atoms with Crippen molar-refractivity contribution >= 4 is 5.97 Å². The molecule has 152 valence electrons. The van der Waals surface area contributed by atoms with Crippen LogP contribution < -0.4 is 0 Å². The number of unbranched alkanes of at least 4 members (excludes halogenated alkanes) is 2. The van der Waals surface area contributed by atoms with Gasteiger partial charge in [-0.15, -0.1) is 0 Å². The van der Waals surface area contributed by atoms with Crippen LogP contribution in [-0.2, 0) is 19.4 Å². The number of hydrogen-bond acceptors (Lipinski definition) is 4.